The second-order valence-corrected chi connectivity index (χ2v) is 3.17. The molecule has 70 valence electrons. The molecule has 0 fully saturated rings. The Morgan fingerprint density at radius 2 is 2.23 bits per heavy atom. The molecule has 0 aliphatic carbocycles. The maximum absolute atomic E-state index is 5.14. The summed E-state index contributed by atoms with van der Waals surface area (Å²) in [5.41, 5.74) is 2.44. The molecule has 0 spiro atoms. The van der Waals surface area contributed by atoms with Crippen LogP contribution in [0.25, 0.3) is 6.08 Å². The molecule has 0 aliphatic heterocycles. The highest BCUT2D eigenvalue weighted by Crippen LogP contribution is 2.18. The van der Waals surface area contributed by atoms with Crippen molar-refractivity contribution < 1.29 is 4.74 Å². The van der Waals surface area contributed by atoms with Crippen LogP contribution in [0.5, 0.6) is 5.75 Å². The predicted octanol–water partition coefficient (Wildman–Crippen LogP) is 2.95. The Labute approximate surface area is 84.8 Å². The average Bonchev–Trinajstić information content (AvgIpc) is 2.17. The van der Waals surface area contributed by atoms with E-state index in [1.165, 1.54) is 11.1 Å². The van der Waals surface area contributed by atoms with Crippen LogP contribution in [-0.4, -0.2) is 12.9 Å². The summed E-state index contributed by atoms with van der Waals surface area (Å²) in [6, 6.07) is 6.04. The van der Waals surface area contributed by atoms with Gasteiger partial charge in [-0.25, -0.2) is 0 Å². The van der Waals surface area contributed by atoms with Gasteiger partial charge in [-0.3, -0.25) is 0 Å². The maximum Gasteiger partial charge on any atom is 0.119 e. The zero-order chi connectivity index (χ0) is 9.68. The summed E-state index contributed by atoms with van der Waals surface area (Å²) < 4.78 is 5.14. The van der Waals surface area contributed by atoms with Gasteiger partial charge >= 0.3 is 0 Å². The Morgan fingerprint density at radius 1 is 1.46 bits per heavy atom. The van der Waals surface area contributed by atoms with Crippen LogP contribution in [0.2, 0.25) is 0 Å². The molecule has 0 saturated carbocycles. The van der Waals surface area contributed by atoms with E-state index in [0.29, 0.717) is 0 Å². The molecule has 0 amide bonds. The fourth-order valence-corrected chi connectivity index (χ4v) is 1.21. The Morgan fingerprint density at radius 3 is 2.85 bits per heavy atom. The zero-order valence-corrected chi connectivity index (χ0v) is 8.84. The summed E-state index contributed by atoms with van der Waals surface area (Å²) in [7, 11) is 1.68. The Bertz CT molecular complexity index is 305. The standard InChI is InChI=1S/C11H14OS/c1-9-5-6-11(12-2)8-10(9)4-3-7-13/h3-6,8,13H,7H2,1-2H3. The molecule has 0 N–H and O–H groups in total. The summed E-state index contributed by atoms with van der Waals surface area (Å²) in [6.45, 7) is 2.08. The fourth-order valence-electron chi connectivity index (χ4n) is 1.10. The van der Waals surface area contributed by atoms with Crippen LogP contribution in [0, 0.1) is 6.92 Å². The van der Waals surface area contributed by atoms with E-state index in [4.69, 9.17) is 4.74 Å². The molecule has 0 radical (unpaired) electrons. The van der Waals surface area contributed by atoms with Crippen LogP contribution in [0.15, 0.2) is 24.3 Å². The van der Waals surface area contributed by atoms with Gasteiger partial charge in [0.25, 0.3) is 0 Å². The Hall–Kier alpha value is -0.890. The van der Waals surface area contributed by atoms with Crippen molar-refractivity contribution >= 4 is 18.7 Å². The Balaban J connectivity index is 2.97. The van der Waals surface area contributed by atoms with Crippen molar-refractivity contribution in [2.45, 2.75) is 6.92 Å². The maximum atomic E-state index is 5.14. The third kappa shape index (κ3) is 2.81. The molecular formula is C11H14OS. The van der Waals surface area contributed by atoms with Crippen molar-refractivity contribution in [3.63, 3.8) is 0 Å². The summed E-state index contributed by atoms with van der Waals surface area (Å²) in [5.74, 6) is 1.65. The van der Waals surface area contributed by atoms with E-state index < -0.39 is 0 Å². The van der Waals surface area contributed by atoms with Gasteiger partial charge in [0, 0.05) is 5.75 Å². The number of benzene rings is 1. The van der Waals surface area contributed by atoms with Crippen molar-refractivity contribution in [1.82, 2.24) is 0 Å². The third-order valence-corrected chi connectivity index (χ3v) is 2.10. The van der Waals surface area contributed by atoms with E-state index in [9.17, 15) is 0 Å². The van der Waals surface area contributed by atoms with Crippen molar-refractivity contribution in [3.8, 4) is 5.75 Å². The first-order chi connectivity index (χ1) is 6.27. The van der Waals surface area contributed by atoms with Crippen molar-refractivity contribution in [2.24, 2.45) is 0 Å². The zero-order valence-electron chi connectivity index (χ0n) is 7.95. The van der Waals surface area contributed by atoms with Gasteiger partial charge in [0.1, 0.15) is 5.75 Å². The summed E-state index contributed by atoms with van der Waals surface area (Å²) in [4.78, 5) is 0. The molecule has 13 heavy (non-hydrogen) atoms. The summed E-state index contributed by atoms with van der Waals surface area (Å²) >= 11 is 4.12. The lowest BCUT2D eigenvalue weighted by Crippen LogP contribution is -1.85. The van der Waals surface area contributed by atoms with E-state index in [0.717, 1.165) is 11.5 Å². The first-order valence-electron chi connectivity index (χ1n) is 4.20. The number of hydrogen-bond donors (Lipinski definition) is 1. The molecule has 1 aromatic rings. The lowest BCUT2D eigenvalue weighted by atomic mass is 10.1. The van der Waals surface area contributed by atoms with Gasteiger partial charge in [0.2, 0.25) is 0 Å². The van der Waals surface area contributed by atoms with Crippen molar-refractivity contribution in [2.75, 3.05) is 12.9 Å². The quantitative estimate of drug-likeness (QED) is 0.728. The fraction of sp³-hybridized carbons (Fsp3) is 0.273. The lowest BCUT2D eigenvalue weighted by molar-refractivity contribution is 0.414. The van der Waals surface area contributed by atoms with Gasteiger partial charge < -0.3 is 4.74 Å². The molecule has 0 aliphatic rings. The number of thiol groups is 1. The summed E-state index contributed by atoms with van der Waals surface area (Å²) in [6.07, 6.45) is 4.08. The molecule has 1 aromatic carbocycles. The topological polar surface area (TPSA) is 9.23 Å². The largest absolute Gasteiger partial charge is 0.497 e. The highest BCUT2D eigenvalue weighted by Gasteiger charge is 1.96. The molecule has 0 bridgehead atoms. The smallest absolute Gasteiger partial charge is 0.119 e. The number of aryl methyl sites for hydroxylation is 1. The third-order valence-electron chi connectivity index (χ3n) is 1.89. The minimum atomic E-state index is 0.761. The van der Waals surface area contributed by atoms with Crippen molar-refractivity contribution in [3.05, 3.63) is 35.4 Å². The molecule has 1 nitrogen and oxygen atoms in total. The minimum Gasteiger partial charge on any atom is -0.497 e. The first-order valence-corrected chi connectivity index (χ1v) is 4.83. The van der Waals surface area contributed by atoms with Gasteiger partial charge in [-0.15, -0.1) is 0 Å². The number of rotatable bonds is 3. The van der Waals surface area contributed by atoms with Gasteiger partial charge in [-0.1, -0.05) is 18.2 Å². The second-order valence-electron chi connectivity index (χ2n) is 2.81. The van der Waals surface area contributed by atoms with Crippen LogP contribution in [-0.2, 0) is 0 Å². The van der Waals surface area contributed by atoms with E-state index in [-0.39, 0.29) is 0 Å². The van der Waals surface area contributed by atoms with Crippen LogP contribution < -0.4 is 4.74 Å². The monoisotopic (exact) mass is 194 g/mol. The van der Waals surface area contributed by atoms with Gasteiger partial charge in [0.15, 0.2) is 0 Å². The van der Waals surface area contributed by atoms with Gasteiger partial charge in [0.05, 0.1) is 7.11 Å². The van der Waals surface area contributed by atoms with E-state index >= 15 is 0 Å². The molecule has 1 rings (SSSR count). The number of ether oxygens (including phenoxy) is 1. The molecule has 0 unspecified atom stereocenters. The second kappa shape index (κ2) is 4.97. The van der Waals surface area contributed by atoms with Crippen LogP contribution in [0.1, 0.15) is 11.1 Å². The van der Waals surface area contributed by atoms with Crippen LogP contribution in [0.4, 0.5) is 0 Å². The predicted molar refractivity (Wildman–Crippen MR) is 60.6 cm³/mol. The molecule has 0 aromatic heterocycles. The number of hydrogen-bond acceptors (Lipinski definition) is 2. The molecular weight excluding hydrogens is 180 g/mol. The molecule has 2 heteroatoms. The SMILES string of the molecule is COc1ccc(C)c(C=CCS)c1. The average molecular weight is 194 g/mol. The van der Waals surface area contributed by atoms with E-state index in [2.05, 4.69) is 31.7 Å². The van der Waals surface area contributed by atoms with Gasteiger partial charge in [-0.2, -0.15) is 12.6 Å². The van der Waals surface area contributed by atoms with Crippen LogP contribution in [0.3, 0.4) is 0 Å². The van der Waals surface area contributed by atoms with Gasteiger partial charge in [-0.05, 0) is 30.2 Å². The van der Waals surface area contributed by atoms with E-state index in [1.54, 1.807) is 7.11 Å². The Kier molecular flexibility index (Phi) is 3.90. The van der Waals surface area contributed by atoms with E-state index in [1.807, 2.05) is 18.2 Å². The minimum absolute atomic E-state index is 0.761. The van der Waals surface area contributed by atoms with Crippen LogP contribution >= 0.6 is 12.6 Å². The lowest BCUT2D eigenvalue weighted by Gasteiger charge is -2.03. The summed E-state index contributed by atoms with van der Waals surface area (Å²) in [5, 5.41) is 0. The normalized spacial score (nSPS) is 10.7. The highest BCUT2D eigenvalue weighted by molar-refractivity contribution is 7.80. The molecule has 0 saturated heterocycles. The number of methoxy groups -OCH3 is 1. The van der Waals surface area contributed by atoms with Crippen molar-refractivity contribution in [1.29, 1.82) is 0 Å². The molecule has 0 atom stereocenters. The highest BCUT2D eigenvalue weighted by atomic mass is 32.1. The first kappa shape index (κ1) is 10.2. The molecule has 0 heterocycles.